The Balaban J connectivity index is 1.69. The highest BCUT2D eigenvalue weighted by molar-refractivity contribution is 6.34. The summed E-state index contributed by atoms with van der Waals surface area (Å²) in [4.78, 5) is 60.7. The van der Waals surface area contributed by atoms with E-state index >= 15 is 0 Å². The number of aromatic hydroxyl groups is 1. The molecule has 1 atom stereocenters. The van der Waals surface area contributed by atoms with Crippen molar-refractivity contribution in [1.82, 2.24) is 24.3 Å². The van der Waals surface area contributed by atoms with Crippen molar-refractivity contribution in [3.8, 4) is 5.75 Å². The molecule has 0 spiro atoms. The van der Waals surface area contributed by atoms with Crippen molar-refractivity contribution in [2.45, 2.75) is 51.2 Å². The van der Waals surface area contributed by atoms with Crippen molar-refractivity contribution in [3.05, 3.63) is 57.0 Å². The number of benzene rings is 1. The number of carbonyl (C=O) groups is 3. The van der Waals surface area contributed by atoms with Gasteiger partial charge in [0.25, 0.3) is 5.56 Å². The third-order valence-corrected chi connectivity index (χ3v) is 7.06. The van der Waals surface area contributed by atoms with E-state index < -0.39 is 34.9 Å². The molecule has 1 fully saturated rings. The van der Waals surface area contributed by atoms with Gasteiger partial charge in [-0.05, 0) is 43.4 Å². The zero-order valence-corrected chi connectivity index (χ0v) is 21.5. The SMILES string of the molecule is Cc1cc(CCC(=O)c2nc3n(c(=O)c2O)CCN(C2CC2)CC3N(C)C(=O)C(=O)N(C)C)ccc1F. The van der Waals surface area contributed by atoms with E-state index in [1.165, 1.54) is 41.6 Å². The van der Waals surface area contributed by atoms with Crippen LogP contribution in [-0.4, -0.2) is 87.2 Å². The van der Waals surface area contributed by atoms with Crippen LogP contribution in [-0.2, 0) is 22.6 Å². The van der Waals surface area contributed by atoms with Gasteiger partial charge in [0.1, 0.15) is 17.7 Å². The minimum absolute atomic E-state index is 0.0543. The number of ketones is 1. The fraction of sp³-hybridized carbons (Fsp3) is 0.500. The summed E-state index contributed by atoms with van der Waals surface area (Å²) >= 11 is 0. The van der Waals surface area contributed by atoms with E-state index in [0.717, 1.165) is 18.4 Å². The third-order valence-electron chi connectivity index (χ3n) is 7.06. The number of Topliss-reactive ketones (excluding diaryl/α,β-unsaturated/α-hetero) is 1. The second-order valence-corrected chi connectivity index (χ2v) is 9.99. The van der Waals surface area contributed by atoms with Crippen molar-refractivity contribution in [2.75, 3.05) is 34.2 Å². The maximum Gasteiger partial charge on any atom is 0.312 e. The first-order valence-electron chi connectivity index (χ1n) is 12.3. The van der Waals surface area contributed by atoms with Crippen LogP contribution in [0.5, 0.6) is 5.75 Å². The molecule has 198 valence electrons. The van der Waals surface area contributed by atoms with E-state index in [0.29, 0.717) is 24.7 Å². The van der Waals surface area contributed by atoms with Crippen molar-refractivity contribution in [2.24, 2.45) is 0 Å². The minimum atomic E-state index is -0.779. The number of nitrogens with zero attached hydrogens (tertiary/aromatic N) is 5. The summed E-state index contributed by atoms with van der Waals surface area (Å²) in [6, 6.07) is 4.10. The molecule has 1 aliphatic carbocycles. The standard InChI is InChI=1S/C26H32FN5O5/c1-15-13-16(5-9-18(15)27)6-10-20(33)21-22(34)24(35)32-12-11-31(17-7-8-17)14-19(23(32)28-21)30(4)26(37)25(36)29(2)3/h5,9,13,17,19,34H,6-8,10-12,14H2,1-4H3. The highest BCUT2D eigenvalue weighted by atomic mass is 19.1. The second-order valence-electron chi connectivity index (χ2n) is 9.99. The average Bonchev–Trinajstić information content (AvgIpc) is 3.72. The van der Waals surface area contributed by atoms with Crippen LogP contribution in [0.1, 0.15) is 52.7 Å². The lowest BCUT2D eigenvalue weighted by atomic mass is 10.0. The highest BCUT2D eigenvalue weighted by Gasteiger charge is 2.39. The van der Waals surface area contributed by atoms with Crippen LogP contribution in [0.25, 0.3) is 0 Å². The predicted octanol–water partition coefficient (Wildman–Crippen LogP) is 1.28. The zero-order chi connectivity index (χ0) is 27.0. The summed E-state index contributed by atoms with van der Waals surface area (Å²) in [5.41, 5.74) is 0.0779. The zero-order valence-electron chi connectivity index (χ0n) is 21.5. The largest absolute Gasteiger partial charge is 0.501 e. The van der Waals surface area contributed by atoms with Crippen LogP contribution in [0.3, 0.4) is 0 Å². The van der Waals surface area contributed by atoms with E-state index in [-0.39, 0.29) is 36.7 Å². The molecule has 11 heteroatoms. The molecule has 2 aliphatic rings. The predicted molar refractivity (Wildman–Crippen MR) is 133 cm³/mol. The molecule has 1 aromatic carbocycles. The highest BCUT2D eigenvalue weighted by Crippen LogP contribution is 2.32. The first-order valence-corrected chi connectivity index (χ1v) is 12.3. The third kappa shape index (κ3) is 5.41. The molecule has 37 heavy (non-hydrogen) atoms. The van der Waals surface area contributed by atoms with Crippen LogP contribution >= 0.6 is 0 Å². The first-order chi connectivity index (χ1) is 17.5. The molecule has 1 aliphatic heterocycles. The summed E-state index contributed by atoms with van der Waals surface area (Å²) in [6.07, 6.45) is 2.21. The van der Waals surface area contributed by atoms with Gasteiger partial charge in [0.2, 0.25) is 5.75 Å². The van der Waals surface area contributed by atoms with Crippen LogP contribution in [0.15, 0.2) is 23.0 Å². The number of carbonyl (C=O) groups excluding carboxylic acids is 3. The Hall–Kier alpha value is -3.60. The molecule has 1 N–H and O–H groups in total. The van der Waals surface area contributed by atoms with Crippen molar-refractivity contribution >= 4 is 17.6 Å². The molecule has 4 rings (SSSR count). The normalized spacial score (nSPS) is 17.6. The molecule has 0 radical (unpaired) electrons. The summed E-state index contributed by atoms with van der Waals surface area (Å²) < 4.78 is 14.9. The van der Waals surface area contributed by atoms with Gasteiger partial charge < -0.3 is 14.9 Å². The Morgan fingerprint density at radius 1 is 1.14 bits per heavy atom. The molecule has 0 saturated heterocycles. The van der Waals surface area contributed by atoms with E-state index in [1.807, 2.05) is 0 Å². The average molecular weight is 514 g/mol. The Kier molecular flexibility index (Phi) is 7.44. The Morgan fingerprint density at radius 3 is 2.46 bits per heavy atom. The van der Waals surface area contributed by atoms with E-state index in [4.69, 9.17) is 0 Å². The maximum absolute atomic E-state index is 13.6. The quantitative estimate of drug-likeness (QED) is 0.457. The van der Waals surface area contributed by atoms with Gasteiger partial charge in [-0.2, -0.15) is 0 Å². The van der Waals surface area contributed by atoms with Crippen molar-refractivity contribution < 1.29 is 23.9 Å². The van der Waals surface area contributed by atoms with Crippen molar-refractivity contribution in [3.63, 3.8) is 0 Å². The van der Waals surface area contributed by atoms with E-state index in [9.17, 15) is 28.7 Å². The topological polar surface area (TPSA) is 116 Å². The lowest BCUT2D eigenvalue weighted by Gasteiger charge is -2.31. The van der Waals surface area contributed by atoms with Crippen LogP contribution in [0, 0.1) is 12.7 Å². The van der Waals surface area contributed by atoms with Crippen LogP contribution < -0.4 is 5.56 Å². The fourth-order valence-corrected chi connectivity index (χ4v) is 4.64. The molecule has 2 aromatic rings. The van der Waals surface area contributed by atoms with Gasteiger partial charge in [0.05, 0.1) is 0 Å². The number of amides is 2. The van der Waals surface area contributed by atoms with Gasteiger partial charge >= 0.3 is 11.8 Å². The molecular weight excluding hydrogens is 481 g/mol. The molecular formula is C26H32FN5O5. The van der Waals surface area contributed by atoms with Gasteiger partial charge in [0, 0.05) is 53.2 Å². The number of aryl methyl sites for hydroxylation is 2. The smallest absolute Gasteiger partial charge is 0.312 e. The number of fused-ring (bicyclic) bond motifs is 1. The number of hydrogen-bond acceptors (Lipinski definition) is 7. The molecule has 1 aromatic heterocycles. The second kappa shape index (κ2) is 10.4. The van der Waals surface area contributed by atoms with E-state index in [1.54, 1.807) is 19.1 Å². The van der Waals surface area contributed by atoms with Gasteiger partial charge in [-0.1, -0.05) is 12.1 Å². The van der Waals surface area contributed by atoms with Gasteiger partial charge in [-0.3, -0.25) is 28.6 Å². The summed E-state index contributed by atoms with van der Waals surface area (Å²) in [6.45, 7) is 2.71. The Labute approximate surface area is 214 Å². The molecule has 2 heterocycles. The molecule has 1 saturated carbocycles. The summed E-state index contributed by atoms with van der Waals surface area (Å²) in [5.74, 6) is -2.94. The maximum atomic E-state index is 13.6. The molecule has 1 unspecified atom stereocenters. The van der Waals surface area contributed by atoms with Crippen molar-refractivity contribution in [1.29, 1.82) is 0 Å². The number of likely N-dealkylation sites (N-methyl/N-ethyl adjacent to an activating group) is 2. The Morgan fingerprint density at radius 2 is 1.84 bits per heavy atom. The minimum Gasteiger partial charge on any atom is -0.501 e. The fourth-order valence-electron chi connectivity index (χ4n) is 4.64. The van der Waals surface area contributed by atoms with Gasteiger partial charge in [-0.25, -0.2) is 9.37 Å². The monoisotopic (exact) mass is 513 g/mol. The number of rotatable bonds is 6. The molecule has 0 bridgehead atoms. The number of hydrogen-bond donors (Lipinski definition) is 1. The molecule has 2 amide bonds. The van der Waals surface area contributed by atoms with Gasteiger partial charge in [-0.15, -0.1) is 0 Å². The first kappa shape index (κ1) is 26.5. The summed E-state index contributed by atoms with van der Waals surface area (Å²) in [7, 11) is 4.43. The molecule has 10 nitrogen and oxygen atoms in total. The van der Waals surface area contributed by atoms with Crippen LogP contribution in [0.4, 0.5) is 4.39 Å². The lowest BCUT2D eigenvalue weighted by molar-refractivity contribution is -0.151. The van der Waals surface area contributed by atoms with Gasteiger partial charge in [0.15, 0.2) is 11.5 Å². The Bertz CT molecular complexity index is 1300. The van der Waals surface area contributed by atoms with E-state index in [2.05, 4.69) is 9.88 Å². The number of aromatic nitrogens is 2. The summed E-state index contributed by atoms with van der Waals surface area (Å²) in [5, 5.41) is 10.7. The number of halogens is 1. The lowest BCUT2D eigenvalue weighted by Crippen LogP contribution is -2.46. The van der Waals surface area contributed by atoms with Crippen LogP contribution in [0.2, 0.25) is 0 Å².